The van der Waals surface area contributed by atoms with E-state index in [1.54, 1.807) is 6.92 Å². The summed E-state index contributed by atoms with van der Waals surface area (Å²) in [4.78, 5) is 11.3. The van der Waals surface area contributed by atoms with Crippen molar-refractivity contribution < 1.29 is 37.5 Å². The molecular formula is C16H23F3O5. The van der Waals surface area contributed by atoms with Crippen molar-refractivity contribution in [2.45, 2.75) is 76.1 Å². The van der Waals surface area contributed by atoms with E-state index in [1.807, 2.05) is 0 Å². The van der Waals surface area contributed by atoms with Gasteiger partial charge >= 0.3 is 6.18 Å². The lowest BCUT2D eigenvalue weighted by Crippen LogP contribution is -2.75. The Balaban J connectivity index is 1.84. The molecule has 0 amide bonds. The third-order valence-electron chi connectivity index (χ3n) is 6.69. The van der Waals surface area contributed by atoms with Crippen LogP contribution in [-0.4, -0.2) is 34.7 Å². The Hall–Kier alpha value is -0.410. The van der Waals surface area contributed by atoms with Gasteiger partial charge in [-0.2, -0.15) is 13.2 Å². The SMILES string of the molecule is C[C@@H]1CCC2[C@@H](C)[C@](O)(C(F)(F)F)O[C@@H]3O[C@]4(C)CC[C@@H]1C23OO4. The number of aliphatic hydroxyl groups is 1. The van der Waals surface area contributed by atoms with Gasteiger partial charge in [-0.25, -0.2) is 9.78 Å². The van der Waals surface area contributed by atoms with Gasteiger partial charge in [0.05, 0.1) is 0 Å². The molecule has 5 rings (SSSR count). The largest absolute Gasteiger partial charge is 0.443 e. The molecule has 1 N–H and O–H groups in total. The summed E-state index contributed by atoms with van der Waals surface area (Å²) in [5.74, 6) is -5.94. The van der Waals surface area contributed by atoms with Crippen LogP contribution in [0.5, 0.6) is 0 Å². The molecular weight excluding hydrogens is 329 g/mol. The van der Waals surface area contributed by atoms with Crippen molar-refractivity contribution in [3.8, 4) is 0 Å². The van der Waals surface area contributed by atoms with Gasteiger partial charge in [-0.05, 0) is 38.0 Å². The number of alkyl halides is 3. The Morgan fingerprint density at radius 1 is 1.00 bits per heavy atom. The molecule has 4 aliphatic heterocycles. The van der Waals surface area contributed by atoms with Crippen molar-refractivity contribution in [1.29, 1.82) is 0 Å². The number of hydrogen-bond donors (Lipinski definition) is 1. The van der Waals surface area contributed by atoms with Crippen molar-refractivity contribution >= 4 is 0 Å². The molecule has 8 atom stereocenters. The molecule has 0 aromatic carbocycles. The van der Waals surface area contributed by atoms with Gasteiger partial charge in [-0.3, -0.25) is 0 Å². The van der Waals surface area contributed by atoms with Gasteiger partial charge in [0.25, 0.3) is 5.79 Å². The molecule has 8 heteroatoms. The van der Waals surface area contributed by atoms with Crippen LogP contribution in [0.4, 0.5) is 13.2 Å². The van der Waals surface area contributed by atoms with Gasteiger partial charge in [0.2, 0.25) is 5.79 Å². The number of hydrogen-bond acceptors (Lipinski definition) is 5. The van der Waals surface area contributed by atoms with E-state index in [-0.39, 0.29) is 11.8 Å². The summed E-state index contributed by atoms with van der Waals surface area (Å²) in [5.41, 5.74) is -1.11. The molecule has 1 aliphatic carbocycles. The Morgan fingerprint density at radius 2 is 1.71 bits per heavy atom. The highest BCUT2D eigenvalue weighted by molar-refractivity contribution is 5.12. The highest BCUT2D eigenvalue weighted by Crippen LogP contribution is 2.63. The molecule has 24 heavy (non-hydrogen) atoms. The first kappa shape index (κ1) is 17.0. The number of fused-ring (bicyclic) bond motifs is 2. The molecule has 5 nitrogen and oxygen atoms in total. The molecule has 2 unspecified atom stereocenters. The Morgan fingerprint density at radius 3 is 2.38 bits per heavy atom. The minimum atomic E-state index is -4.91. The molecule has 2 bridgehead atoms. The average molecular weight is 352 g/mol. The van der Waals surface area contributed by atoms with Gasteiger partial charge < -0.3 is 14.6 Å². The first-order chi connectivity index (χ1) is 11.0. The lowest BCUT2D eigenvalue weighted by Gasteiger charge is -2.62. The maximum absolute atomic E-state index is 13.6. The van der Waals surface area contributed by atoms with Crippen LogP contribution in [0.25, 0.3) is 0 Å². The molecule has 4 heterocycles. The molecule has 4 saturated heterocycles. The predicted molar refractivity (Wildman–Crippen MR) is 74.0 cm³/mol. The minimum absolute atomic E-state index is 0.0363. The Kier molecular flexibility index (Phi) is 3.44. The van der Waals surface area contributed by atoms with Crippen LogP contribution >= 0.6 is 0 Å². The van der Waals surface area contributed by atoms with Crippen LogP contribution < -0.4 is 0 Å². The Bertz CT molecular complexity index is 542. The van der Waals surface area contributed by atoms with Gasteiger partial charge in [0, 0.05) is 18.3 Å². The minimum Gasteiger partial charge on any atom is -0.358 e. The number of rotatable bonds is 0. The fraction of sp³-hybridized carbons (Fsp3) is 1.00. The summed E-state index contributed by atoms with van der Waals surface area (Å²) in [5, 5.41) is 10.4. The summed E-state index contributed by atoms with van der Waals surface area (Å²) < 4.78 is 51.7. The molecule has 1 saturated carbocycles. The van der Waals surface area contributed by atoms with E-state index < -0.39 is 41.5 Å². The zero-order valence-electron chi connectivity index (χ0n) is 13.9. The van der Waals surface area contributed by atoms with Crippen molar-refractivity contribution in [3.05, 3.63) is 0 Å². The molecule has 5 aliphatic rings. The van der Waals surface area contributed by atoms with Gasteiger partial charge in [0.1, 0.15) is 0 Å². The van der Waals surface area contributed by atoms with Crippen molar-refractivity contribution in [2.24, 2.45) is 23.7 Å². The molecule has 0 aromatic rings. The zero-order chi connectivity index (χ0) is 17.5. The number of halogens is 3. The van der Waals surface area contributed by atoms with Gasteiger partial charge in [-0.1, -0.05) is 13.8 Å². The van der Waals surface area contributed by atoms with E-state index in [2.05, 4.69) is 6.92 Å². The average Bonchev–Trinajstić information content (AvgIpc) is 2.70. The smallest absolute Gasteiger partial charge is 0.358 e. The third-order valence-corrected chi connectivity index (χ3v) is 6.69. The molecule has 1 spiro atoms. The molecule has 5 fully saturated rings. The maximum Gasteiger partial charge on any atom is 0.443 e. The summed E-state index contributed by atoms with van der Waals surface area (Å²) in [6.45, 7) is 5.08. The van der Waals surface area contributed by atoms with Crippen molar-refractivity contribution in [1.82, 2.24) is 0 Å². The van der Waals surface area contributed by atoms with Crippen LogP contribution in [0.3, 0.4) is 0 Å². The third kappa shape index (κ3) is 1.95. The van der Waals surface area contributed by atoms with Crippen molar-refractivity contribution in [2.75, 3.05) is 0 Å². The van der Waals surface area contributed by atoms with Gasteiger partial charge in [0.15, 0.2) is 11.9 Å². The van der Waals surface area contributed by atoms with Crippen LogP contribution in [-0.2, 0) is 19.2 Å². The van der Waals surface area contributed by atoms with E-state index in [9.17, 15) is 18.3 Å². The summed E-state index contributed by atoms with van der Waals surface area (Å²) in [6.07, 6.45) is -3.70. The van der Waals surface area contributed by atoms with Crippen LogP contribution in [0.15, 0.2) is 0 Å². The fourth-order valence-electron chi connectivity index (χ4n) is 5.25. The molecule has 138 valence electrons. The Labute approximate surface area is 138 Å². The van der Waals surface area contributed by atoms with E-state index in [0.717, 1.165) is 12.8 Å². The predicted octanol–water partition coefficient (Wildman–Crippen LogP) is 3.12. The summed E-state index contributed by atoms with van der Waals surface area (Å²) in [6, 6.07) is 0. The maximum atomic E-state index is 13.6. The second-order valence-electron chi connectivity index (χ2n) is 8.01. The summed E-state index contributed by atoms with van der Waals surface area (Å²) >= 11 is 0. The highest BCUT2D eigenvalue weighted by Gasteiger charge is 2.76. The quantitative estimate of drug-likeness (QED) is 0.679. The van der Waals surface area contributed by atoms with E-state index in [4.69, 9.17) is 19.2 Å². The number of ether oxygens (including phenoxy) is 2. The lowest BCUT2D eigenvalue weighted by atomic mass is 9.57. The normalized spacial score (nSPS) is 57.4. The van der Waals surface area contributed by atoms with Crippen LogP contribution in [0.2, 0.25) is 0 Å². The first-order valence-electron chi connectivity index (χ1n) is 8.55. The van der Waals surface area contributed by atoms with E-state index >= 15 is 0 Å². The first-order valence-corrected chi connectivity index (χ1v) is 8.55. The van der Waals surface area contributed by atoms with E-state index in [0.29, 0.717) is 12.8 Å². The van der Waals surface area contributed by atoms with Crippen LogP contribution in [0, 0.1) is 23.7 Å². The van der Waals surface area contributed by atoms with Gasteiger partial charge in [-0.15, -0.1) is 0 Å². The second kappa shape index (κ2) is 4.85. The highest BCUT2D eigenvalue weighted by atomic mass is 19.4. The molecule has 0 radical (unpaired) electrons. The monoisotopic (exact) mass is 352 g/mol. The molecule has 0 aromatic heterocycles. The second-order valence-corrected chi connectivity index (χ2v) is 8.01. The lowest BCUT2D eigenvalue weighted by molar-refractivity contribution is -0.597. The van der Waals surface area contributed by atoms with E-state index in [1.165, 1.54) is 6.92 Å². The van der Waals surface area contributed by atoms with Crippen molar-refractivity contribution in [3.63, 3.8) is 0 Å². The topological polar surface area (TPSA) is 57.2 Å². The standard InChI is InChI=1S/C16H23F3O5/c1-8-4-5-11-9(2)15(20,16(17,18)19)22-12-14(11)10(8)6-7-13(3,21-12)23-24-14/h8-12,20H,4-7H2,1-3H3/t8-,9-,10+,11?,12+,13+,14?,15-/m1/s1. The zero-order valence-corrected chi connectivity index (χ0v) is 13.9. The van der Waals surface area contributed by atoms with Crippen LogP contribution in [0.1, 0.15) is 46.5 Å². The summed E-state index contributed by atoms with van der Waals surface area (Å²) in [7, 11) is 0. The fourth-order valence-corrected chi connectivity index (χ4v) is 5.25.